The monoisotopic (exact) mass is 576 g/mol. The van der Waals surface area contributed by atoms with Crippen LogP contribution in [0.1, 0.15) is 0 Å². The lowest BCUT2D eigenvalue weighted by Gasteiger charge is -2.26. The number of ether oxygens (including phenoxy) is 3. The molecule has 39 heavy (non-hydrogen) atoms. The zero-order valence-corrected chi connectivity index (χ0v) is 23.4. The fraction of sp³-hybridized carbons (Fsp3) is 0.429. The lowest BCUT2D eigenvalue weighted by atomic mass is 10.2. The quantitative estimate of drug-likeness (QED) is 0.307. The highest BCUT2D eigenvalue weighted by Crippen LogP contribution is 2.24. The van der Waals surface area contributed by atoms with Crippen LogP contribution in [0.3, 0.4) is 0 Å². The van der Waals surface area contributed by atoms with E-state index >= 15 is 0 Å². The maximum atomic E-state index is 12.6. The molecule has 4 aromatic rings. The second-order valence-electron chi connectivity index (χ2n) is 9.19. The van der Waals surface area contributed by atoms with Gasteiger partial charge in [0.05, 0.1) is 38.1 Å². The molecule has 0 spiro atoms. The number of benzene rings is 1. The van der Waals surface area contributed by atoms with E-state index in [1.807, 2.05) is 34.9 Å². The first-order valence-corrected chi connectivity index (χ1v) is 13.5. The van der Waals surface area contributed by atoms with E-state index in [2.05, 4.69) is 14.8 Å². The van der Waals surface area contributed by atoms with E-state index in [0.29, 0.717) is 34.8 Å². The molecule has 0 radical (unpaired) electrons. The number of hydrogen-bond acceptors (Lipinski definition) is 8. The number of aromatic nitrogens is 2. The molecule has 0 bridgehead atoms. The summed E-state index contributed by atoms with van der Waals surface area (Å²) in [5.41, 5.74) is 2.00. The van der Waals surface area contributed by atoms with Gasteiger partial charge in [0.2, 0.25) is 0 Å². The van der Waals surface area contributed by atoms with Gasteiger partial charge in [-0.2, -0.15) is 0 Å². The van der Waals surface area contributed by atoms with Gasteiger partial charge in [-0.1, -0.05) is 0 Å². The largest absolute Gasteiger partial charge is 0.492 e. The van der Waals surface area contributed by atoms with Crippen molar-refractivity contribution in [2.75, 3.05) is 78.2 Å². The molecule has 2 aliphatic heterocycles. The Kier molecular flexibility index (Phi) is 11.0. The Bertz CT molecular complexity index is 1380. The van der Waals surface area contributed by atoms with Gasteiger partial charge in [0.15, 0.2) is 11.2 Å². The average molecular weight is 578 g/mol. The van der Waals surface area contributed by atoms with E-state index in [1.54, 1.807) is 18.5 Å². The molecule has 0 N–H and O–H groups in total. The van der Waals surface area contributed by atoms with E-state index in [0.717, 1.165) is 77.1 Å². The van der Waals surface area contributed by atoms with Gasteiger partial charge < -0.3 is 23.0 Å². The van der Waals surface area contributed by atoms with Crippen LogP contribution >= 0.6 is 24.0 Å². The van der Waals surface area contributed by atoms with Gasteiger partial charge in [-0.25, -0.2) is 4.98 Å². The first-order chi connectivity index (χ1) is 18.7. The van der Waals surface area contributed by atoms with Crippen LogP contribution in [0.4, 0.5) is 0 Å². The minimum Gasteiger partial charge on any atom is -0.492 e. The van der Waals surface area contributed by atoms with E-state index in [9.17, 15) is 4.79 Å². The van der Waals surface area contributed by atoms with E-state index in [1.165, 1.54) is 6.07 Å². The van der Waals surface area contributed by atoms with Crippen LogP contribution in [0.15, 0.2) is 64.2 Å². The smallest absolute Gasteiger partial charge is 0.193 e. The zero-order chi connectivity index (χ0) is 26.2. The number of halogens is 2. The third-order valence-corrected chi connectivity index (χ3v) is 6.82. The Morgan fingerprint density at radius 1 is 0.923 bits per heavy atom. The second kappa shape index (κ2) is 14.6. The number of nitrogens with zero attached hydrogens (tertiary/aromatic N) is 4. The zero-order valence-electron chi connectivity index (χ0n) is 21.8. The average Bonchev–Trinajstić information content (AvgIpc) is 3.43. The van der Waals surface area contributed by atoms with Crippen LogP contribution in [-0.2, 0) is 9.47 Å². The number of hydrogen-bond donors (Lipinski definition) is 0. The highest BCUT2D eigenvalue weighted by atomic mass is 35.5. The summed E-state index contributed by atoms with van der Waals surface area (Å²) in [6.45, 7) is 9.66. The van der Waals surface area contributed by atoms with Crippen LogP contribution < -0.4 is 10.2 Å². The van der Waals surface area contributed by atoms with E-state index in [4.69, 9.17) is 30.2 Å². The molecule has 2 saturated heterocycles. The minimum absolute atomic E-state index is 0. The fourth-order valence-corrected chi connectivity index (χ4v) is 4.72. The minimum atomic E-state index is -0.0989. The molecule has 1 aromatic carbocycles. The molecule has 210 valence electrons. The number of fused-ring (bicyclic) bond motifs is 2. The maximum Gasteiger partial charge on any atom is 0.193 e. The second-order valence-corrected chi connectivity index (χ2v) is 9.57. The molecule has 0 atom stereocenters. The lowest BCUT2D eigenvalue weighted by molar-refractivity contribution is 0.0322. The summed E-state index contributed by atoms with van der Waals surface area (Å²) in [6, 6.07) is 12.6. The summed E-state index contributed by atoms with van der Waals surface area (Å²) in [5.74, 6) is 1.86. The van der Waals surface area contributed by atoms with Gasteiger partial charge in [0.1, 0.15) is 23.6 Å². The van der Waals surface area contributed by atoms with Gasteiger partial charge in [0.25, 0.3) is 0 Å². The van der Waals surface area contributed by atoms with Crippen molar-refractivity contribution in [2.24, 2.45) is 0 Å². The molecular weight excluding hydrogens is 543 g/mol. The molecule has 6 rings (SSSR count). The number of morpholine rings is 2. The lowest BCUT2D eigenvalue weighted by Crippen LogP contribution is -2.38. The molecule has 2 aliphatic rings. The van der Waals surface area contributed by atoms with Gasteiger partial charge in [-0.15, -0.1) is 24.0 Å². The van der Waals surface area contributed by atoms with Crippen molar-refractivity contribution < 1.29 is 18.6 Å². The molecule has 11 heteroatoms. The Hall–Kier alpha value is -2.66. The summed E-state index contributed by atoms with van der Waals surface area (Å²) < 4.78 is 24.3. The van der Waals surface area contributed by atoms with Gasteiger partial charge in [-0.3, -0.25) is 14.6 Å². The normalized spacial score (nSPS) is 16.4. The molecule has 2 fully saturated rings. The predicted octanol–water partition coefficient (Wildman–Crippen LogP) is 3.80. The molecule has 9 nitrogen and oxygen atoms in total. The van der Waals surface area contributed by atoms with Crippen LogP contribution in [0.25, 0.3) is 27.9 Å². The summed E-state index contributed by atoms with van der Waals surface area (Å²) in [6.07, 6.45) is 3.63. The summed E-state index contributed by atoms with van der Waals surface area (Å²) in [7, 11) is 0. The molecule has 0 aliphatic carbocycles. The van der Waals surface area contributed by atoms with Crippen molar-refractivity contribution >= 4 is 40.5 Å². The highest BCUT2D eigenvalue weighted by Gasteiger charge is 2.12. The van der Waals surface area contributed by atoms with Gasteiger partial charge in [0, 0.05) is 69.0 Å². The van der Waals surface area contributed by atoms with Crippen LogP contribution in [0, 0.1) is 0 Å². The van der Waals surface area contributed by atoms with Gasteiger partial charge in [-0.05, 0) is 30.3 Å². The Balaban J connectivity index is 0.000000302. The summed E-state index contributed by atoms with van der Waals surface area (Å²) in [4.78, 5) is 21.6. The van der Waals surface area contributed by atoms with Crippen molar-refractivity contribution in [3.05, 3.63) is 65.2 Å². The van der Waals surface area contributed by atoms with Crippen molar-refractivity contribution in [1.29, 1.82) is 0 Å². The molecule has 3 aromatic heterocycles. The van der Waals surface area contributed by atoms with Crippen LogP contribution in [0.2, 0.25) is 0 Å². The van der Waals surface area contributed by atoms with Gasteiger partial charge >= 0.3 is 0 Å². The number of rotatable bonds is 7. The topological polar surface area (TPSA) is 81.7 Å². The Labute approximate surface area is 238 Å². The third kappa shape index (κ3) is 7.94. The summed E-state index contributed by atoms with van der Waals surface area (Å²) in [5, 5.41) is 0.526. The highest BCUT2D eigenvalue weighted by molar-refractivity contribution is 6.18. The van der Waals surface area contributed by atoms with Crippen molar-refractivity contribution in [3.8, 4) is 17.2 Å². The number of alkyl halides is 1. The fourth-order valence-electron chi connectivity index (χ4n) is 4.48. The van der Waals surface area contributed by atoms with Crippen LogP contribution in [0.5, 0.6) is 5.75 Å². The SMILES string of the molecule is Cl.ClCCN1CCOCC1.O=c1cc(-c2cc3cccn3cn2)oc2cc(OCCN3CCOCC3)ccc12. The molecule has 0 amide bonds. The molecule has 5 heterocycles. The first kappa shape index (κ1) is 29.3. The van der Waals surface area contributed by atoms with Crippen LogP contribution in [-0.4, -0.2) is 97.4 Å². The van der Waals surface area contributed by atoms with Crippen molar-refractivity contribution in [1.82, 2.24) is 19.2 Å². The molecular formula is C28H34Cl2N4O5. The van der Waals surface area contributed by atoms with E-state index in [-0.39, 0.29) is 17.8 Å². The Morgan fingerprint density at radius 2 is 1.64 bits per heavy atom. The third-order valence-electron chi connectivity index (χ3n) is 6.66. The van der Waals surface area contributed by atoms with E-state index < -0.39 is 0 Å². The standard InChI is InChI=1S/C22H21N3O4.C6H12ClNO.ClH/c26-20-14-22(19-12-16-2-1-5-25(16)15-23-19)29-21-13-17(3-4-18(20)21)28-11-8-24-6-9-27-10-7-24;7-1-2-8-3-5-9-6-4-8;/h1-5,12-15H,6-11H2;1-6H2;1H. The summed E-state index contributed by atoms with van der Waals surface area (Å²) >= 11 is 5.55. The maximum absolute atomic E-state index is 12.6. The van der Waals surface area contributed by atoms with Crippen molar-refractivity contribution in [3.63, 3.8) is 0 Å². The molecule has 0 unspecified atom stereocenters. The Morgan fingerprint density at radius 3 is 2.36 bits per heavy atom. The predicted molar refractivity (Wildman–Crippen MR) is 155 cm³/mol. The first-order valence-electron chi connectivity index (χ1n) is 13.0. The molecule has 0 saturated carbocycles. The van der Waals surface area contributed by atoms with Crippen molar-refractivity contribution in [2.45, 2.75) is 0 Å².